The van der Waals surface area contributed by atoms with Gasteiger partial charge in [-0.15, -0.1) is 10.2 Å². The third kappa shape index (κ3) is 5.78. The SMILES string of the molecule is O=C(N[C@@H]1Cc2cc(Cl)ccc2-n2c(nnc2[C@H]2CC[C@H](Oc3ccccn3)CC2)C1)C1CCC(F)(F)CC1. The molecule has 6 rings (SSSR count). The Morgan fingerprint density at radius 1 is 1.03 bits per heavy atom. The van der Waals surface area contributed by atoms with E-state index in [0.29, 0.717) is 23.7 Å². The minimum absolute atomic E-state index is 0.119. The molecule has 0 bridgehead atoms. The van der Waals surface area contributed by atoms with Crippen LogP contribution in [0.3, 0.4) is 0 Å². The van der Waals surface area contributed by atoms with Gasteiger partial charge in [0, 0.05) is 54.4 Å². The maximum Gasteiger partial charge on any atom is 0.248 e. The van der Waals surface area contributed by atoms with Crippen LogP contribution in [0, 0.1) is 5.92 Å². The van der Waals surface area contributed by atoms with Gasteiger partial charge in [-0.25, -0.2) is 13.8 Å². The van der Waals surface area contributed by atoms with E-state index < -0.39 is 5.92 Å². The van der Waals surface area contributed by atoms with Gasteiger partial charge < -0.3 is 10.1 Å². The number of hydrogen-bond donors (Lipinski definition) is 1. The lowest BCUT2D eigenvalue weighted by atomic mass is 9.86. The molecule has 2 saturated carbocycles. The van der Waals surface area contributed by atoms with Crippen LogP contribution < -0.4 is 10.1 Å². The van der Waals surface area contributed by atoms with Crippen molar-refractivity contribution in [3.05, 3.63) is 64.8 Å². The van der Waals surface area contributed by atoms with E-state index in [9.17, 15) is 13.6 Å². The average molecular weight is 556 g/mol. The van der Waals surface area contributed by atoms with Gasteiger partial charge in [-0.1, -0.05) is 17.7 Å². The molecular formula is C29H32ClF2N5O2. The van der Waals surface area contributed by atoms with Crippen LogP contribution in [-0.2, 0) is 17.6 Å². The van der Waals surface area contributed by atoms with Gasteiger partial charge in [0.2, 0.25) is 17.7 Å². The number of halogens is 3. The normalized spacial score (nSPS) is 24.7. The van der Waals surface area contributed by atoms with Crippen molar-refractivity contribution in [1.82, 2.24) is 25.1 Å². The summed E-state index contributed by atoms with van der Waals surface area (Å²) in [5, 5.41) is 13.0. The molecule has 1 N–H and O–H groups in total. The number of hydrogen-bond acceptors (Lipinski definition) is 5. The summed E-state index contributed by atoms with van der Waals surface area (Å²) in [5.74, 6) is -0.607. The van der Waals surface area contributed by atoms with Crippen molar-refractivity contribution < 1.29 is 18.3 Å². The van der Waals surface area contributed by atoms with Crippen LogP contribution >= 0.6 is 11.6 Å². The molecular weight excluding hydrogens is 524 g/mol. The number of benzene rings is 1. The number of carbonyl (C=O) groups excluding carboxylic acids is 1. The van der Waals surface area contributed by atoms with Crippen LogP contribution in [0.5, 0.6) is 5.88 Å². The van der Waals surface area contributed by atoms with E-state index >= 15 is 0 Å². The van der Waals surface area contributed by atoms with E-state index in [1.807, 2.05) is 36.4 Å². The molecule has 1 amide bonds. The first-order valence-corrected chi connectivity index (χ1v) is 14.2. The lowest BCUT2D eigenvalue weighted by Gasteiger charge is -2.28. The van der Waals surface area contributed by atoms with E-state index in [0.717, 1.165) is 48.6 Å². The number of aromatic nitrogens is 4. The zero-order valence-electron chi connectivity index (χ0n) is 21.7. The Balaban J connectivity index is 1.19. The topological polar surface area (TPSA) is 81.9 Å². The Morgan fingerprint density at radius 3 is 2.56 bits per heavy atom. The van der Waals surface area contributed by atoms with Crippen molar-refractivity contribution in [2.45, 2.75) is 88.2 Å². The summed E-state index contributed by atoms with van der Waals surface area (Å²) in [4.78, 5) is 17.3. The summed E-state index contributed by atoms with van der Waals surface area (Å²) in [6.07, 6.45) is 6.53. The zero-order chi connectivity index (χ0) is 27.0. The molecule has 0 unspecified atom stereocenters. The van der Waals surface area contributed by atoms with E-state index in [-0.39, 0.29) is 55.6 Å². The van der Waals surface area contributed by atoms with Gasteiger partial charge in [0.15, 0.2) is 0 Å². The molecule has 0 spiro atoms. The van der Waals surface area contributed by atoms with Crippen molar-refractivity contribution in [2.75, 3.05) is 0 Å². The Bertz CT molecular complexity index is 1320. The Labute approximate surface area is 231 Å². The van der Waals surface area contributed by atoms with Crippen LogP contribution in [-0.4, -0.2) is 43.7 Å². The number of pyridine rings is 1. The maximum atomic E-state index is 13.6. The second-order valence-electron chi connectivity index (χ2n) is 11.1. The predicted molar refractivity (Wildman–Crippen MR) is 142 cm³/mol. The number of nitrogens with one attached hydrogen (secondary N) is 1. The first kappa shape index (κ1) is 26.2. The fraction of sp³-hybridized carbons (Fsp3) is 0.517. The molecule has 7 nitrogen and oxygen atoms in total. The van der Waals surface area contributed by atoms with E-state index in [2.05, 4.69) is 25.1 Å². The number of amides is 1. The first-order valence-electron chi connectivity index (χ1n) is 13.8. The molecule has 1 atom stereocenters. The van der Waals surface area contributed by atoms with Gasteiger partial charge in [0.05, 0.1) is 5.69 Å². The third-order valence-corrected chi connectivity index (χ3v) is 8.57. The molecule has 39 heavy (non-hydrogen) atoms. The fourth-order valence-corrected chi connectivity index (χ4v) is 6.43. The van der Waals surface area contributed by atoms with Crippen LogP contribution in [0.2, 0.25) is 5.02 Å². The van der Waals surface area contributed by atoms with Gasteiger partial charge in [-0.3, -0.25) is 9.36 Å². The summed E-state index contributed by atoms with van der Waals surface area (Å²) < 4.78 is 35.5. The molecule has 1 aliphatic heterocycles. The van der Waals surface area contributed by atoms with Crippen molar-refractivity contribution >= 4 is 17.5 Å². The number of ether oxygens (including phenoxy) is 1. The molecule has 3 aliphatic rings. The summed E-state index contributed by atoms with van der Waals surface area (Å²) in [5.41, 5.74) is 1.99. The molecule has 2 aliphatic carbocycles. The van der Waals surface area contributed by atoms with Crippen LogP contribution in [0.4, 0.5) is 8.78 Å². The Hall–Kier alpha value is -3.07. The van der Waals surface area contributed by atoms with Crippen LogP contribution in [0.1, 0.15) is 74.5 Å². The molecule has 2 fully saturated rings. The van der Waals surface area contributed by atoms with Gasteiger partial charge in [0.25, 0.3) is 0 Å². The number of fused-ring (bicyclic) bond motifs is 3. The number of nitrogens with zero attached hydrogens (tertiary/aromatic N) is 4. The number of alkyl halides is 2. The molecule has 0 radical (unpaired) electrons. The minimum Gasteiger partial charge on any atom is -0.474 e. The summed E-state index contributed by atoms with van der Waals surface area (Å²) in [6, 6.07) is 11.3. The van der Waals surface area contributed by atoms with E-state index in [1.54, 1.807) is 6.20 Å². The first-order chi connectivity index (χ1) is 18.8. The minimum atomic E-state index is -2.66. The maximum absolute atomic E-state index is 13.6. The quantitative estimate of drug-likeness (QED) is 0.428. The number of rotatable bonds is 5. The highest BCUT2D eigenvalue weighted by molar-refractivity contribution is 6.30. The monoisotopic (exact) mass is 555 g/mol. The van der Waals surface area contributed by atoms with E-state index in [4.69, 9.17) is 16.3 Å². The molecule has 0 saturated heterocycles. The van der Waals surface area contributed by atoms with Gasteiger partial charge in [-0.2, -0.15) is 0 Å². The van der Waals surface area contributed by atoms with E-state index in [1.165, 1.54) is 0 Å². The molecule has 206 valence electrons. The highest BCUT2D eigenvalue weighted by atomic mass is 35.5. The second-order valence-corrected chi connectivity index (χ2v) is 11.5. The van der Waals surface area contributed by atoms with Crippen molar-refractivity contribution in [2.24, 2.45) is 5.92 Å². The largest absolute Gasteiger partial charge is 0.474 e. The standard InChI is InChI=1S/C29H32ClF2N5O2/c30-21-6-9-24-20(15-21)16-22(34-28(38)19-10-12-29(31,32)13-11-19)17-25-35-36-27(37(24)25)18-4-7-23(8-5-18)39-26-3-1-2-14-33-26/h1-3,6,9,14-15,18-19,22-23H,4-5,7-8,10-13,16-17H2,(H,34,38)/t18-,22-,23-/m1/s1. The summed E-state index contributed by atoms with van der Waals surface area (Å²) >= 11 is 6.39. The molecule has 1 aromatic carbocycles. The van der Waals surface area contributed by atoms with Crippen molar-refractivity contribution in [3.63, 3.8) is 0 Å². The van der Waals surface area contributed by atoms with Crippen LogP contribution in [0.15, 0.2) is 42.6 Å². The molecule has 2 aromatic heterocycles. The van der Waals surface area contributed by atoms with Gasteiger partial charge >= 0.3 is 0 Å². The fourth-order valence-electron chi connectivity index (χ4n) is 6.23. The lowest BCUT2D eigenvalue weighted by molar-refractivity contribution is -0.129. The number of carbonyl (C=O) groups is 1. The molecule has 3 heterocycles. The van der Waals surface area contributed by atoms with Crippen LogP contribution in [0.25, 0.3) is 5.69 Å². The Morgan fingerprint density at radius 2 is 1.82 bits per heavy atom. The highest BCUT2D eigenvalue weighted by Gasteiger charge is 2.38. The summed E-state index contributed by atoms with van der Waals surface area (Å²) in [7, 11) is 0. The van der Waals surface area contributed by atoms with Gasteiger partial charge in [-0.05, 0) is 74.8 Å². The lowest BCUT2D eigenvalue weighted by Crippen LogP contribution is -2.43. The smallest absolute Gasteiger partial charge is 0.248 e. The summed E-state index contributed by atoms with van der Waals surface area (Å²) in [6.45, 7) is 0. The van der Waals surface area contributed by atoms with Crippen molar-refractivity contribution in [1.29, 1.82) is 0 Å². The third-order valence-electron chi connectivity index (χ3n) is 8.33. The highest BCUT2D eigenvalue weighted by Crippen LogP contribution is 2.38. The zero-order valence-corrected chi connectivity index (χ0v) is 22.4. The van der Waals surface area contributed by atoms with Crippen molar-refractivity contribution in [3.8, 4) is 11.6 Å². The molecule has 10 heteroatoms. The predicted octanol–water partition coefficient (Wildman–Crippen LogP) is 5.83. The second kappa shape index (κ2) is 10.8. The Kier molecular flexibility index (Phi) is 7.27. The van der Waals surface area contributed by atoms with Gasteiger partial charge in [0.1, 0.15) is 17.8 Å². The molecule has 3 aromatic rings. The average Bonchev–Trinajstić information content (AvgIpc) is 3.26.